The van der Waals surface area contributed by atoms with E-state index in [1.165, 1.54) is 33.2 Å². The van der Waals surface area contributed by atoms with Crippen LogP contribution in [0.2, 0.25) is 0 Å². The zero-order chi connectivity index (χ0) is 23.0. The number of nitrogens with one attached hydrogen (secondary N) is 1. The van der Waals surface area contributed by atoms with Crippen molar-refractivity contribution in [1.82, 2.24) is 9.03 Å². The van der Waals surface area contributed by atoms with Gasteiger partial charge in [0.25, 0.3) is 0 Å². The quantitative estimate of drug-likeness (QED) is 0.630. The number of nitrogens with two attached hydrogens (primary N) is 1. The molecule has 0 heterocycles. The summed E-state index contributed by atoms with van der Waals surface area (Å²) in [6, 6.07) is 5.56. The summed E-state index contributed by atoms with van der Waals surface area (Å²) in [5, 5.41) is 0. The van der Waals surface area contributed by atoms with E-state index < -0.39 is 54.1 Å². The van der Waals surface area contributed by atoms with Gasteiger partial charge in [0.05, 0.1) is 17.9 Å². The average Bonchev–Trinajstić information content (AvgIpc) is 2.61. The van der Waals surface area contributed by atoms with Gasteiger partial charge in [-0.15, -0.1) is 0 Å². The second-order valence-corrected chi connectivity index (χ2v) is 10.7. The number of carbonyl (C=O) groups excluding carboxylic acids is 1. The van der Waals surface area contributed by atoms with Crippen molar-refractivity contribution in [2.45, 2.75) is 17.7 Å². The number of sulfonamides is 2. The third kappa shape index (κ3) is 4.94. The van der Waals surface area contributed by atoms with Crippen molar-refractivity contribution in [2.75, 3.05) is 26.1 Å². The second kappa shape index (κ2) is 8.28. The molecule has 0 spiro atoms. The minimum Gasteiger partial charge on any atom is -0.395 e. The standard InChI is InChI=1S/C18H21F2N3O5S2/c1-10(18(24)22-29(4,25)26)11-5-6-13(14(19)7-11)12-8-15(20)17(21)16(9-12)30(27,28)23(2)3/h5-10H,21H2,1-4H3,(H,22,24). The van der Waals surface area contributed by atoms with Crippen molar-refractivity contribution >= 4 is 31.6 Å². The van der Waals surface area contributed by atoms with Gasteiger partial charge in [0.15, 0.2) is 0 Å². The van der Waals surface area contributed by atoms with Gasteiger partial charge >= 0.3 is 0 Å². The van der Waals surface area contributed by atoms with E-state index >= 15 is 0 Å². The molecule has 1 unspecified atom stereocenters. The number of hydrogen-bond donors (Lipinski definition) is 2. The summed E-state index contributed by atoms with van der Waals surface area (Å²) >= 11 is 0. The number of nitrogen functional groups attached to an aromatic ring is 1. The normalized spacial score (nSPS) is 13.3. The number of carbonyl (C=O) groups is 1. The van der Waals surface area contributed by atoms with Crippen LogP contribution in [0.5, 0.6) is 0 Å². The molecule has 2 aromatic rings. The SMILES string of the molecule is CC(C(=O)NS(C)(=O)=O)c1ccc(-c2cc(F)c(N)c(S(=O)(=O)N(C)C)c2)c(F)c1. The summed E-state index contributed by atoms with van der Waals surface area (Å²) < 4.78 is 78.9. The smallest absolute Gasteiger partial charge is 0.244 e. The highest BCUT2D eigenvalue weighted by molar-refractivity contribution is 7.89. The first-order chi connectivity index (χ1) is 13.6. The van der Waals surface area contributed by atoms with Crippen LogP contribution in [0.3, 0.4) is 0 Å². The first-order valence-corrected chi connectivity index (χ1v) is 11.8. The molecule has 0 fully saturated rings. The Balaban J connectivity index is 2.52. The lowest BCUT2D eigenvalue weighted by Crippen LogP contribution is -2.32. The lowest BCUT2D eigenvalue weighted by atomic mass is 9.96. The molecule has 0 aliphatic rings. The van der Waals surface area contributed by atoms with Crippen molar-refractivity contribution in [3.63, 3.8) is 0 Å². The number of benzene rings is 2. The highest BCUT2D eigenvalue weighted by atomic mass is 32.2. The van der Waals surface area contributed by atoms with E-state index in [9.17, 15) is 30.4 Å². The highest BCUT2D eigenvalue weighted by Crippen LogP contribution is 2.33. The lowest BCUT2D eigenvalue weighted by molar-refractivity contribution is -0.120. The third-order valence-electron chi connectivity index (χ3n) is 4.33. The Morgan fingerprint density at radius 1 is 1.07 bits per heavy atom. The molecule has 2 rings (SSSR count). The molecule has 0 aliphatic carbocycles. The fourth-order valence-electron chi connectivity index (χ4n) is 2.62. The fraction of sp³-hybridized carbons (Fsp3) is 0.278. The van der Waals surface area contributed by atoms with Crippen LogP contribution in [0, 0.1) is 11.6 Å². The number of amides is 1. The molecule has 1 amide bonds. The summed E-state index contributed by atoms with van der Waals surface area (Å²) in [5.41, 5.74) is 4.97. The van der Waals surface area contributed by atoms with E-state index in [0.717, 1.165) is 28.8 Å². The van der Waals surface area contributed by atoms with E-state index in [1.807, 2.05) is 4.72 Å². The van der Waals surface area contributed by atoms with Crippen molar-refractivity contribution in [3.05, 3.63) is 47.5 Å². The Morgan fingerprint density at radius 3 is 2.17 bits per heavy atom. The molecular weight excluding hydrogens is 440 g/mol. The van der Waals surface area contributed by atoms with Crippen LogP contribution in [0.25, 0.3) is 11.1 Å². The number of anilines is 1. The molecule has 0 radical (unpaired) electrons. The summed E-state index contributed by atoms with van der Waals surface area (Å²) in [7, 11) is -5.37. The van der Waals surface area contributed by atoms with Gasteiger partial charge in [-0.1, -0.05) is 12.1 Å². The van der Waals surface area contributed by atoms with Gasteiger partial charge < -0.3 is 5.73 Å². The maximum absolute atomic E-state index is 14.8. The van der Waals surface area contributed by atoms with Crippen molar-refractivity contribution < 1.29 is 30.4 Å². The summed E-state index contributed by atoms with van der Waals surface area (Å²) in [6.07, 6.45) is 0.816. The van der Waals surface area contributed by atoms with Gasteiger partial charge in [0.2, 0.25) is 26.0 Å². The Bertz CT molecular complexity index is 1210. The predicted octanol–water partition coefficient (Wildman–Crippen LogP) is 1.64. The van der Waals surface area contributed by atoms with E-state index in [0.29, 0.717) is 0 Å². The number of halogens is 2. The summed E-state index contributed by atoms with van der Waals surface area (Å²) in [6.45, 7) is 1.39. The maximum Gasteiger partial charge on any atom is 0.244 e. The number of rotatable bonds is 6. The average molecular weight is 462 g/mol. The third-order valence-corrected chi connectivity index (χ3v) is 6.76. The Kier molecular flexibility index (Phi) is 6.54. The predicted molar refractivity (Wildman–Crippen MR) is 108 cm³/mol. The Hall–Kier alpha value is -2.57. The number of hydrogen-bond acceptors (Lipinski definition) is 6. The molecule has 0 saturated heterocycles. The van der Waals surface area contributed by atoms with Crippen LogP contribution < -0.4 is 10.5 Å². The maximum atomic E-state index is 14.8. The highest BCUT2D eigenvalue weighted by Gasteiger charge is 2.25. The molecule has 30 heavy (non-hydrogen) atoms. The molecule has 164 valence electrons. The van der Waals surface area contributed by atoms with Crippen molar-refractivity contribution in [3.8, 4) is 11.1 Å². The minimum atomic E-state index is -4.09. The van der Waals surface area contributed by atoms with Gasteiger partial charge in [0.1, 0.15) is 16.5 Å². The first-order valence-electron chi connectivity index (χ1n) is 8.48. The zero-order valence-electron chi connectivity index (χ0n) is 16.6. The summed E-state index contributed by atoms with van der Waals surface area (Å²) in [5.74, 6) is -3.72. The molecule has 0 saturated carbocycles. The van der Waals surface area contributed by atoms with Gasteiger partial charge in [0, 0.05) is 19.7 Å². The van der Waals surface area contributed by atoms with Crippen LogP contribution >= 0.6 is 0 Å². The van der Waals surface area contributed by atoms with E-state index in [2.05, 4.69) is 0 Å². The molecule has 2 aromatic carbocycles. The second-order valence-electron chi connectivity index (χ2n) is 6.86. The molecule has 8 nitrogen and oxygen atoms in total. The Morgan fingerprint density at radius 2 is 1.67 bits per heavy atom. The van der Waals surface area contributed by atoms with Crippen LogP contribution in [0.1, 0.15) is 18.4 Å². The van der Waals surface area contributed by atoms with Crippen LogP contribution in [-0.4, -0.2) is 47.4 Å². The number of nitrogens with zero attached hydrogens (tertiary/aromatic N) is 1. The van der Waals surface area contributed by atoms with Crippen molar-refractivity contribution in [1.29, 1.82) is 0 Å². The van der Waals surface area contributed by atoms with Gasteiger partial charge in [-0.25, -0.2) is 29.9 Å². The van der Waals surface area contributed by atoms with Gasteiger partial charge in [-0.3, -0.25) is 9.52 Å². The van der Waals surface area contributed by atoms with E-state index in [-0.39, 0.29) is 16.7 Å². The Labute approximate surface area is 173 Å². The molecule has 3 N–H and O–H groups in total. The first kappa shape index (κ1) is 23.7. The zero-order valence-corrected chi connectivity index (χ0v) is 18.2. The molecule has 0 aromatic heterocycles. The molecular formula is C18H21F2N3O5S2. The summed E-state index contributed by atoms with van der Waals surface area (Å²) in [4.78, 5) is 11.5. The van der Waals surface area contributed by atoms with Crippen molar-refractivity contribution in [2.24, 2.45) is 0 Å². The minimum absolute atomic E-state index is 0.0700. The fourth-order valence-corrected chi connectivity index (χ4v) is 4.20. The van der Waals surface area contributed by atoms with Gasteiger partial charge in [-0.05, 0) is 36.2 Å². The largest absolute Gasteiger partial charge is 0.395 e. The monoisotopic (exact) mass is 461 g/mol. The lowest BCUT2D eigenvalue weighted by Gasteiger charge is -2.16. The van der Waals surface area contributed by atoms with Crippen LogP contribution in [-0.2, 0) is 24.8 Å². The topological polar surface area (TPSA) is 127 Å². The van der Waals surface area contributed by atoms with Crippen LogP contribution in [0.15, 0.2) is 35.2 Å². The molecule has 0 bridgehead atoms. The van der Waals surface area contributed by atoms with Crippen LogP contribution in [0.4, 0.5) is 14.5 Å². The molecule has 12 heteroatoms. The van der Waals surface area contributed by atoms with Gasteiger partial charge in [-0.2, -0.15) is 0 Å². The van der Waals surface area contributed by atoms with E-state index in [4.69, 9.17) is 5.73 Å². The van der Waals surface area contributed by atoms with E-state index in [1.54, 1.807) is 0 Å². The molecule has 1 atom stereocenters. The molecule has 0 aliphatic heterocycles.